The molecule has 3 saturated carbocycles. The Hall–Kier alpha value is -0.940. The Morgan fingerprint density at radius 2 is 1.62 bits per heavy atom. The van der Waals surface area contributed by atoms with Crippen LogP contribution in [0.3, 0.4) is 0 Å². The minimum absolute atomic E-state index is 0.0627. The molecule has 4 fully saturated rings. The minimum Gasteiger partial charge on any atom is -0.227 e. The van der Waals surface area contributed by atoms with Crippen molar-refractivity contribution in [2.75, 3.05) is 0 Å². The molecule has 4 heteroatoms. The second-order valence-corrected chi connectivity index (χ2v) is 7.99. The molecule has 0 radical (unpaired) electrons. The van der Waals surface area contributed by atoms with Crippen LogP contribution in [0, 0.1) is 17.8 Å². The second kappa shape index (κ2) is 6.10. The highest BCUT2D eigenvalue weighted by molar-refractivity contribution is 5.29. The standard InChI is InChI=1S/C20H26O4/c1-3-7-14(8-4-1)19-22-21-18-15-11-12-17(13-15)20(18,24-23-19)16-9-5-2-6-10-16/h2,5-6,9-10,14-15,17-19H,1,3-4,7-8,11-13H2/t15-,17+,18+,19-,20-/m0/s1. The highest BCUT2D eigenvalue weighted by atomic mass is 17.3. The van der Waals surface area contributed by atoms with Crippen LogP contribution in [0.5, 0.6) is 0 Å². The fraction of sp³-hybridized carbons (Fsp3) is 0.700. The van der Waals surface area contributed by atoms with Crippen LogP contribution < -0.4 is 0 Å². The first-order valence-electron chi connectivity index (χ1n) is 9.60. The first-order chi connectivity index (χ1) is 11.9. The number of hydrogen-bond donors (Lipinski definition) is 0. The van der Waals surface area contributed by atoms with E-state index in [1.807, 2.05) is 6.07 Å². The molecule has 0 N–H and O–H groups in total. The SMILES string of the molecule is c1ccc([C@@]23OO[C@@H](C4CCCCC4)OO[C@@H]2[C@H]2CC[C@@H]3C2)cc1. The molecule has 130 valence electrons. The van der Waals surface area contributed by atoms with Crippen molar-refractivity contribution in [3.63, 3.8) is 0 Å². The van der Waals surface area contributed by atoms with E-state index in [0.29, 0.717) is 17.8 Å². The first-order valence-corrected chi connectivity index (χ1v) is 9.60. The summed E-state index contributed by atoms with van der Waals surface area (Å²) in [6, 6.07) is 10.5. The maximum atomic E-state index is 6.25. The highest BCUT2D eigenvalue weighted by Gasteiger charge is 2.64. The molecule has 2 bridgehead atoms. The second-order valence-electron chi connectivity index (χ2n) is 7.99. The molecule has 4 nitrogen and oxygen atoms in total. The summed E-state index contributed by atoms with van der Waals surface area (Å²) in [5.41, 5.74) is 0.656. The maximum absolute atomic E-state index is 6.25. The summed E-state index contributed by atoms with van der Waals surface area (Å²) in [4.78, 5) is 24.0. The van der Waals surface area contributed by atoms with Crippen molar-refractivity contribution in [3.8, 4) is 0 Å². The molecule has 0 unspecified atom stereocenters. The lowest BCUT2D eigenvalue weighted by molar-refractivity contribution is -0.456. The van der Waals surface area contributed by atoms with Crippen LogP contribution in [-0.2, 0) is 25.2 Å². The van der Waals surface area contributed by atoms with Gasteiger partial charge < -0.3 is 0 Å². The van der Waals surface area contributed by atoms with E-state index in [9.17, 15) is 0 Å². The molecule has 1 aromatic carbocycles. The van der Waals surface area contributed by atoms with Gasteiger partial charge in [-0.2, -0.15) is 4.89 Å². The van der Waals surface area contributed by atoms with Gasteiger partial charge >= 0.3 is 0 Å². The molecule has 0 amide bonds. The molecule has 3 aliphatic carbocycles. The molecule has 1 aliphatic heterocycles. The van der Waals surface area contributed by atoms with Gasteiger partial charge in [-0.15, -0.1) is 0 Å². The predicted octanol–water partition coefficient (Wildman–Crippen LogP) is 4.50. The van der Waals surface area contributed by atoms with Crippen LogP contribution in [0.15, 0.2) is 30.3 Å². The Kier molecular flexibility index (Phi) is 3.89. The van der Waals surface area contributed by atoms with Gasteiger partial charge in [0.05, 0.1) is 0 Å². The van der Waals surface area contributed by atoms with E-state index in [1.54, 1.807) is 0 Å². The third-order valence-electron chi connectivity index (χ3n) is 6.73. The van der Waals surface area contributed by atoms with Crippen molar-refractivity contribution in [1.82, 2.24) is 0 Å². The average molecular weight is 330 g/mol. The number of hydrogen-bond acceptors (Lipinski definition) is 4. The summed E-state index contributed by atoms with van der Waals surface area (Å²) < 4.78 is 0. The summed E-state index contributed by atoms with van der Waals surface area (Å²) in [7, 11) is 0. The first kappa shape index (κ1) is 15.3. The van der Waals surface area contributed by atoms with E-state index in [0.717, 1.165) is 24.8 Å². The number of rotatable bonds is 2. The van der Waals surface area contributed by atoms with E-state index < -0.39 is 11.9 Å². The maximum Gasteiger partial charge on any atom is 0.227 e. The van der Waals surface area contributed by atoms with Gasteiger partial charge in [-0.25, -0.2) is 14.7 Å². The Labute approximate surface area is 143 Å². The van der Waals surface area contributed by atoms with Crippen LogP contribution in [0.2, 0.25) is 0 Å². The van der Waals surface area contributed by atoms with Crippen LogP contribution in [0.25, 0.3) is 0 Å². The lowest BCUT2D eigenvalue weighted by atomic mass is 9.77. The lowest BCUT2D eigenvalue weighted by Gasteiger charge is -2.39. The van der Waals surface area contributed by atoms with E-state index in [1.165, 1.54) is 32.1 Å². The Balaban J connectivity index is 1.45. The van der Waals surface area contributed by atoms with Crippen molar-refractivity contribution in [1.29, 1.82) is 0 Å². The van der Waals surface area contributed by atoms with E-state index in [4.69, 9.17) is 19.6 Å². The normalized spacial score (nSPS) is 42.7. The third-order valence-corrected chi connectivity index (χ3v) is 6.73. The zero-order valence-corrected chi connectivity index (χ0v) is 14.1. The van der Waals surface area contributed by atoms with Crippen molar-refractivity contribution in [2.45, 2.75) is 69.4 Å². The van der Waals surface area contributed by atoms with Gasteiger partial charge in [0, 0.05) is 5.92 Å². The Bertz CT molecular complexity index is 570. The van der Waals surface area contributed by atoms with Gasteiger partial charge in [0.1, 0.15) is 6.10 Å². The van der Waals surface area contributed by atoms with Crippen molar-refractivity contribution in [2.24, 2.45) is 17.8 Å². The summed E-state index contributed by atoms with van der Waals surface area (Å²) in [6.45, 7) is 0. The molecule has 24 heavy (non-hydrogen) atoms. The number of benzene rings is 1. The van der Waals surface area contributed by atoms with Crippen LogP contribution in [0.4, 0.5) is 0 Å². The highest BCUT2D eigenvalue weighted by Crippen LogP contribution is 2.60. The molecule has 0 aromatic heterocycles. The summed E-state index contributed by atoms with van der Waals surface area (Å²) in [5.74, 6) is 1.33. The van der Waals surface area contributed by atoms with Gasteiger partial charge in [-0.3, -0.25) is 0 Å². The topological polar surface area (TPSA) is 36.9 Å². The van der Waals surface area contributed by atoms with E-state index in [-0.39, 0.29) is 6.10 Å². The summed E-state index contributed by atoms with van der Waals surface area (Å²) in [5, 5.41) is 0. The van der Waals surface area contributed by atoms with Crippen molar-refractivity contribution >= 4 is 0 Å². The molecular formula is C20H26O4. The fourth-order valence-corrected chi connectivity index (χ4v) is 5.50. The monoisotopic (exact) mass is 330 g/mol. The molecule has 1 saturated heterocycles. The molecule has 0 spiro atoms. The van der Waals surface area contributed by atoms with E-state index >= 15 is 0 Å². The van der Waals surface area contributed by atoms with Crippen LogP contribution in [-0.4, -0.2) is 12.4 Å². The van der Waals surface area contributed by atoms with Crippen molar-refractivity contribution in [3.05, 3.63) is 35.9 Å². The Morgan fingerprint density at radius 3 is 2.46 bits per heavy atom. The average Bonchev–Trinajstić information content (AvgIpc) is 3.18. The third kappa shape index (κ3) is 2.27. The summed E-state index contributed by atoms with van der Waals surface area (Å²) >= 11 is 0. The predicted molar refractivity (Wildman–Crippen MR) is 87.4 cm³/mol. The Morgan fingerprint density at radius 1 is 0.792 bits per heavy atom. The van der Waals surface area contributed by atoms with E-state index in [2.05, 4.69) is 24.3 Å². The molecule has 1 aromatic rings. The zero-order chi connectivity index (χ0) is 16.0. The van der Waals surface area contributed by atoms with Gasteiger partial charge in [0.2, 0.25) is 6.29 Å². The van der Waals surface area contributed by atoms with Crippen LogP contribution in [0.1, 0.15) is 56.9 Å². The van der Waals surface area contributed by atoms with Gasteiger partial charge in [-0.05, 0) is 49.5 Å². The quantitative estimate of drug-likeness (QED) is 0.748. The molecule has 1 heterocycles. The van der Waals surface area contributed by atoms with Gasteiger partial charge in [0.15, 0.2) is 5.60 Å². The largest absolute Gasteiger partial charge is 0.227 e. The molecule has 5 rings (SSSR count). The zero-order valence-electron chi connectivity index (χ0n) is 14.1. The molecular weight excluding hydrogens is 304 g/mol. The smallest absolute Gasteiger partial charge is 0.227 e. The summed E-state index contributed by atoms with van der Waals surface area (Å²) in [6.07, 6.45) is 9.12. The van der Waals surface area contributed by atoms with Gasteiger partial charge in [0.25, 0.3) is 0 Å². The molecule has 5 atom stereocenters. The van der Waals surface area contributed by atoms with Gasteiger partial charge in [-0.1, -0.05) is 49.6 Å². The molecule has 4 aliphatic rings. The number of fused-ring (bicyclic) bond motifs is 5. The minimum atomic E-state index is -0.506. The van der Waals surface area contributed by atoms with Crippen LogP contribution >= 0.6 is 0 Å². The lowest BCUT2D eigenvalue weighted by Crippen LogP contribution is -2.46. The van der Waals surface area contributed by atoms with Crippen molar-refractivity contribution < 1.29 is 19.6 Å². The fourth-order valence-electron chi connectivity index (χ4n) is 5.50.